The number of hydrogen-bond donors (Lipinski definition) is 2. The van der Waals surface area contributed by atoms with Crippen molar-refractivity contribution in [1.29, 1.82) is 0 Å². The van der Waals surface area contributed by atoms with E-state index in [0.29, 0.717) is 17.8 Å². The first kappa shape index (κ1) is 23.2. The van der Waals surface area contributed by atoms with E-state index in [-0.39, 0.29) is 42.3 Å². The molecule has 9 heteroatoms. The maximum atomic E-state index is 13.2. The molecule has 2 amide bonds. The molecule has 4 aromatic rings. The first-order valence-corrected chi connectivity index (χ1v) is 11.6. The molecule has 0 fully saturated rings. The summed E-state index contributed by atoms with van der Waals surface area (Å²) in [4.78, 5) is 42.2. The second-order valence-corrected chi connectivity index (χ2v) is 8.86. The van der Waals surface area contributed by atoms with E-state index in [1.807, 2.05) is 50.2 Å². The van der Waals surface area contributed by atoms with Crippen LogP contribution in [0.3, 0.4) is 0 Å². The quantitative estimate of drug-likeness (QED) is 0.436. The summed E-state index contributed by atoms with van der Waals surface area (Å²) in [5.74, 6) is -0.0884. The Balaban J connectivity index is 1.33. The summed E-state index contributed by atoms with van der Waals surface area (Å²) >= 11 is 0. The summed E-state index contributed by atoms with van der Waals surface area (Å²) in [6.45, 7) is 4.23. The number of ether oxygens (including phenoxy) is 1. The lowest BCUT2D eigenvalue weighted by molar-refractivity contribution is -0.121. The summed E-state index contributed by atoms with van der Waals surface area (Å²) in [5.41, 5.74) is 4.44. The van der Waals surface area contributed by atoms with E-state index in [2.05, 4.69) is 20.7 Å². The number of rotatable bonds is 6. The van der Waals surface area contributed by atoms with Crippen LogP contribution < -0.4 is 15.4 Å². The molecule has 182 valence electrons. The van der Waals surface area contributed by atoms with Gasteiger partial charge in [-0.1, -0.05) is 35.9 Å². The second-order valence-electron chi connectivity index (χ2n) is 8.86. The molecule has 2 N–H and O–H groups in total. The van der Waals surface area contributed by atoms with Crippen LogP contribution >= 0.6 is 0 Å². The zero-order chi connectivity index (χ0) is 25.2. The average molecular weight is 484 g/mol. The number of ketones is 1. The zero-order valence-corrected chi connectivity index (χ0v) is 19.9. The minimum atomic E-state index is -0.426. The van der Waals surface area contributed by atoms with Crippen molar-refractivity contribution in [2.75, 3.05) is 6.61 Å². The van der Waals surface area contributed by atoms with Crippen LogP contribution in [0, 0.1) is 6.92 Å². The number of nitrogens with one attached hydrogen (secondary N) is 2. The topological polar surface area (TPSA) is 115 Å². The molecule has 0 unspecified atom stereocenters. The highest BCUT2D eigenvalue weighted by Crippen LogP contribution is 2.24. The lowest BCUT2D eigenvalue weighted by Gasteiger charge is -2.17. The lowest BCUT2D eigenvalue weighted by atomic mass is 10.0. The molecule has 0 radical (unpaired) electrons. The Morgan fingerprint density at radius 2 is 1.89 bits per heavy atom. The predicted molar refractivity (Wildman–Crippen MR) is 132 cm³/mol. The zero-order valence-electron chi connectivity index (χ0n) is 19.9. The van der Waals surface area contributed by atoms with Crippen LogP contribution in [0.1, 0.15) is 56.2 Å². The highest BCUT2D eigenvalue weighted by molar-refractivity contribution is 5.98. The van der Waals surface area contributed by atoms with Crippen LogP contribution in [0.5, 0.6) is 5.75 Å². The molecule has 0 saturated heterocycles. The molecule has 0 bridgehead atoms. The Labute approximate surface area is 207 Å². The van der Waals surface area contributed by atoms with E-state index in [1.54, 1.807) is 12.1 Å². The summed E-state index contributed by atoms with van der Waals surface area (Å²) in [5, 5.41) is 10.0. The van der Waals surface area contributed by atoms with Gasteiger partial charge in [0.25, 0.3) is 11.8 Å². The first-order valence-electron chi connectivity index (χ1n) is 11.6. The number of carbonyl (C=O) groups excluding carboxylic acids is 3. The van der Waals surface area contributed by atoms with E-state index in [1.165, 1.54) is 16.8 Å². The number of fused-ring (bicyclic) bond motifs is 2. The van der Waals surface area contributed by atoms with Crippen molar-refractivity contribution in [3.63, 3.8) is 0 Å². The Kier molecular flexibility index (Phi) is 6.20. The average Bonchev–Trinajstić information content (AvgIpc) is 3.35. The molecule has 36 heavy (non-hydrogen) atoms. The number of benzene rings is 2. The molecule has 2 aromatic carbocycles. The highest BCUT2D eigenvalue weighted by atomic mass is 16.5. The molecule has 0 spiro atoms. The molecule has 0 aliphatic carbocycles. The van der Waals surface area contributed by atoms with Crippen molar-refractivity contribution in [2.45, 2.75) is 32.9 Å². The third-order valence-corrected chi connectivity index (χ3v) is 6.10. The Morgan fingerprint density at radius 3 is 2.69 bits per heavy atom. The normalized spacial score (nSPS) is 13.6. The fourth-order valence-corrected chi connectivity index (χ4v) is 4.12. The van der Waals surface area contributed by atoms with Gasteiger partial charge in [0, 0.05) is 30.7 Å². The van der Waals surface area contributed by atoms with Crippen molar-refractivity contribution >= 4 is 23.2 Å². The van der Waals surface area contributed by atoms with Gasteiger partial charge in [0.15, 0.2) is 11.4 Å². The summed E-state index contributed by atoms with van der Waals surface area (Å²) in [7, 11) is 0. The molecule has 1 aliphatic heterocycles. The van der Waals surface area contributed by atoms with E-state index < -0.39 is 5.91 Å². The van der Waals surface area contributed by atoms with Crippen molar-refractivity contribution in [1.82, 2.24) is 25.2 Å². The van der Waals surface area contributed by atoms with Crippen molar-refractivity contribution in [3.05, 3.63) is 94.4 Å². The van der Waals surface area contributed by atoms with Gasteiger partial charge in [0.2, 0.25) is 0 Å². The number of amides is 2. The molecule has 1 aliphatic rings. The summed E-state index contributed by atoms with van der Waals surface area (Å²) < 4.78 is 6.83. The van der Waals surface area contributed by atoms with Crippen LogP contribution in [0.4, 0.5) is 0 Å². The van der Waals surface area contributed by atoms with Crippen LogP contribution in [-0.4, -0.2) is 38.8 Å². The molecular weight excluding hydrogens is 458 g/mol. The van der Waals surface area contributed by atoms with E-state index >= 15 is 0 Å². The van der Waals surface area contributed by atoms with Crippen LogP contribution in [-0.2, 0) is 17.8 Å². The van der Waals surface area contributed by atoms with Gasteiger partial charge in [-0.25, -0.2) is 9.50 Å². The largest absolute Gasteiger partial charge is 0.486 e. The van der Waals surface area contributed by atoms with Gasteiger partial charge in [0.05, 0.1) is 12.2 Å². The van der Waals surface area contributed by atoms with Crippen molar-refractivity contribution < 1.29 is 19.1 Å². The van der Waals surface area contributed by atoms with Crippen LogP contribution in [0.25, 0.3) is 5.65 Å². The molecule has 3 heterocycles. The predicted octanol–water partition coefficient (Wildman–Crippen LogP) is 2.96. The molecule has 5 rings (SSSR count). The van der Waals surface area contributed by atoms with E-state index in [0.717, 1.165) is 22.3 Å². The van der Waals surface area contributed by atoms with Gasteiger partial charge in [-0.05, 0) is 37.1 Å². The Bertz CT molecular complexity index is 1480. The van der Waals surface area contributed by atoms with Gasteiger partial charge in [-0.2, -0.15) is 5.10 Å². The fourth-order valence-electron chi connectivity index (χ4n) is 4.12. The maximum Gasteiger partial charge on any atom is 0.270 e. The standard InChI is InChI=1S/C27H25N5O4/c1-16-3-6-19(7-4-16)17(2)30-27(35)23-13-22(31-25-9-10-29-32(23)25)26(34)28-14-18-5-8-24-20(11-18)12-21(33)15-36-24/h3-11,13,17H,12,14-15H2,1-2H3,(H,28,34)(H,30,35)/t17-/m0/s1. The SMILES string of the molecule is Cc1ccc([C@H](C)NC(=O)c2cc(C(=O)NCc3ccc4c(c3)CC(=O)CO4)nc3ccnn23)cc1. The lowest BCUT2D eigenvalue weighted by Crippen LogP contribution is -2.30. The number of hydrogen-bond acceptors (Lipinski definition) is 6. The molecule has 0 saturated carbocycles. The first-order chi connectivity index (χ1) is 17.4. The smallest absolute Gasteiger partial charge is 0.270 e. The third-order valence-electron chi connectivity index (χ3n) is 6.10. The van der Waals surface area contributed by atoms with Crippen LogP contribution in [0.2, 0.25) is 0 Å². The van der Waals surface area contributed by atoms with Gasteiger partial charge >= 0.3 is 0 Å². The number of carbonyl (C=O) groups is 3. The van der Waals surface area contributed by atoms with Crippen LogP contribution in [0.15, 0.2) is 60.8 Å². The third kappa shape index (κ3) is 4.81. The fraction of sp³-hybridized carbons (Fsp3) is 0.222. The number of aryl methyl sites for hydroxylation is 1. The number of nitrogens with zero attached hydrogens (tertiary/aromatic N) is 3. The second kappa shape index (κ2) is 9.61. The van der Waals surface area contributed by atoms with Gasteiger partial charge in [-0.3, -0.25) is 14.4 Å². The van der Waals surface area contributed by atoms with Gasteiger partial charge in [0.1, 0.15) is 23.7 Å². The molecule has 1 atom stereocenters. The summed E-state index contributed by atoms with van der Waals surface area (Å²) in [6, 6.07) is 16.3. The van der Waals surface area contributed by atoms with E-state index in [9.17, 15) is 14.4 Å². The van der Waals surface area contributed by atoms with Crippen molar-refractivity contribution in [3.8, 4) is 5.75 Å². The molecular formula is C27H25N5O4. The van der Waals surface area contributed by atoms with Crippen molar-refractivity contribution in [2.24, 2.45) is 0 Å². The molecule has 9 nitrogen and oxygen atoms in total. The minimum absolute atomic E-state index is 0.0181. The molecule has 2 aromatic heterocycles. The summed E-state index contributed by atoms with van der Waals surface area (Å²) in [6.07, 6.45) is 1.84. The Morgan fingerprint density at radius 1 is 1.08 bits per heavy atom. The Hall–Kier alpha value is -4.53. The minimum Gasteiger partial charge on any atom is -0.486 e. The van der Waals surface area contributed by atoms with Gasteiger partial charge in [-0.15, -0.1) is 0 Å². The van der Waals surface area contributed by atoms with Gasteiger partial charge < -0.3 is 15.4 Å². The van der Waals surface area contributed by atoms with E-state index in [4.69, 9.17) is 4.74 Å². The monoisotopic (exact) mass is 483 g/mol. The number of aromatic nitrogens is 3. The highest BCUT2D eigenvalue weighted by Gasteiger charge is 2.20. The maximum absolute atomic E-state index is 13.2. The number of Topliss-reactive ketones (excluding diaryl/α,β-unsaturated/α-hetero) is 1.